The third kappa shape index (κ3) is 5.04. The van der Waals surface area contributed by atoms with Gasteiger partial charge in [0.25, 0.3) is 0 Å². The van der Waals surface area contributed by atoms with Crippen LogP contribution in [0.2, 0.25) is 25.7 Å². The van der Waals surface area contributed by atoms with E-state index in [4.69, 9.17) is 0 Å². The number of rotatable bonds is 7. The molecule has 1 aliphatic rings. The molecule has 0 aliphatic carbocycles. The topological polar surface area (TPSA) is 83.6 Å². The van der Waals surface area contributed by atoms with Gasteiger partial charge in [0.15, 0.2) is 0 Å². The number of nitrogens with zero attached hydrogens (tertiary/aromatic N) is 1. The number of para-hydroxylation sites is 1. The minimum Gasteiger partial charge on any atom is -0.265 e. The summed E-state index contributed by atoms with van der Waals surface area (Å²) in [6.07, 6.45) is 1.67. The second-order valence-corrected chi connectivity index (χ2v) is 16.9. The smallest absolute Gasteiger partial charge is 0.232 e. The molecule has 0 fully saturated rings. The van der Waals surface area contributed by atoms with Crippen molar-refractivity contribution in [1.29, 1.82) is 0 Å². The highest BCUT2D eigenvalue weighted by Crippen LogP contribution is 2.33. The first-order valence-corrected chi connectivity index (χ1v) is 15.1. The molecule has 0 saturated carbocycles. The predicted molar refractivity (Wildman–Crippen MR) is 101 cm³/mol. The van der Waals surface area contributed by atoms with E-state index in [1.165, 1.54) is 4.31 Å². The third-order valence-electron chi connectivity index (χ3n) is 4.03. The van der Waals surface area contributed by atoms with Gasteiger partial charge in [0.05, 0.1) is 23.7 Å². The van der Waals surface area contributed by atoms with Gasteiger partial charge >= 0.3 is 0 Å². The zero-order valence-corrected chi connectivity index (χ0v) is 17.2. The van der Waals surface area contributed by atoms with Crippen LogP contribution in [-0.4, -0.2) is 49.5 Å². The van der Waals surface area contributed by atoms with E-state index in [0.29, 0.717) is 18.2 Å². The molecule has 2 rings (SSSR count). The van der Waals surface area contributed by atoms with Crippen molar-refractivity contribution >= 4 is 33.8 Å². The number of hydrogen-bond donors (Lipinski definition) is 1. The first kappa shape index (κ1) is 19.4. The van der Waals surface area contributed by atoms with E-state index in [1.54, 1.807) is 12.1 Å². The molecule has 0 amide bonds. The van der Waals surface area contributed by atoms with Gasteiger partial charge in [0.2, 0.25) is 20.0 Å². The van der Waals surface area contributed by atoms with Crippen LogP contribution in [0.5, 0.6) is 0 Å². The molecule has 0 radical (unpaired) electrons. The Kier molecular flexibility index (Phi) is 5.48. The fourth-order valence-electron chi connectivity index (χ4n) is 2.77. The largest absolute Gasteiger partial charge is 0.265 e. The summed E-state index contributed by atoms with van der Waals surface area (Å²) >= 11 is 0. The number of sulfonamides is 2. The first-order chi connectivity index (χ1) is 10.9. The molecule has 1 aliphatic heterocycles. The van der Waals surface area contributed by atoms with Gasteiger partial charge in [-0.2, -0.15) is 0 Å². The van der Waals surface area contributed by atoms with Crippen molar-refractivity contribution in [3.63, 3.8) is 0 Å². The summed E-state index contributed by atoms with van der Waals surface area (Å²) in [4.78, 5) is 0. The molecule has 0 spiro atoms. The van der Waals surface area contributed by atoms with Crippen molar-refractivity contribution in [2.45, 2.75) is 38.1 Å². The van der Waals surface area contributed by atoms with Crippen LogP contribution in [0.4, 0.5) is 5.69 Å². The number of anilines is 1. The average Bonchev–Trinajstić information content (AvgIpc) is 2.81. The monoisotopic (exact) mass is 390 g/mol. The van der Waals surface area contributed by atoms with E-state index >= 15 is 0 Å². The Hall–Kier alpha value is -0.903. The zero-order chi connectivity index (χ0) is 18.2. The highest BCUT2D eigenvalue weighted by Gasteiger charge is 2.35. The van der Waals surface area contributed by atoms with Crippen molar-refractivity contribution in [2.24, 2.45) is 0 Å². The molecule has 1 aromatic carbocycles. The summed E-state index contributed by atoms with van der Waals surface area (Å²) in [6, 6.07) is 7.56. The van der Waals surface area contributed by atoms with Crippen molar-refractivity contribution in [3.8, 4) is 0 Å². The SMILES string of the molecule is C[Si](C)(C)CCS(=O)(=O)NCC1Cc2ccccc2N1S(C)(=O)=O. The Morgan fingerprint density at radius 1 is 1.17 bits per heavy atom. The maximum Gasteiger partial charge on any atom is 0.232 e. The van der Waals surface area contributed by atoms with Crippen LogP contribution < -0.4 is 9.03 Å². The quantitative estimate of drug-likeness (QED) is 0.717. The Balaban J connectivity index is 2.10. The van der Waals surface area contributed by atoms with Gasteiger partial charge in [0, 0.05) is 14.6 Å². The van der Waals surface area contributed by atoms with Crippen LogP contribution in [0.15, 0.2) is 24.3 Å². The maximum atomic E-state index is 12.2. The Labute approximate surface area is 146 Å². The van der Waals surface area contributed by atoms with E-state index < -0.39 is 34.2 Å². The van der Waals surface area contributed by atoms with Crippen molar-refractivity contribution in [2.75, 3.05) is 22.9 Å². The molecule has 1 unspecified atom stereocenters. The summed E-state index contributed by atoms with van der Waals surface area (Å²) in [6.45, 7) is 6.47. The summed E-state index contributed by atoms with van der Waals surface area (Å²) in [5, 5.41) is 0. The van der Waals surface area contributed by atoms with Crippen LogP contribution in [0.25, 0.3) is 0 Å². The molecule has 0 bridgehead atoms. The summed E-state index contributed by atoms with van der Waals surface area (Å²) in [5.74, 6) is 0.0985. The summed E-state index contributed by atoms with van der Waals surface area (Å²) in [5.41, 5.74) is 1.57. The van der Waals surface area contributed by atoms with Gasteiger partial charge in [0.1, 0.15) is 0 Å². The highest BCUT2D eigenvalue weighted by atomic mass is 32.2. The van der Waals surface area contributed by atoms with E-state index in [-0.39, 0.29) is 12.3 Å². The fraction of sp³-hybridized carbons (Fsp3) is 0.600. The lowest BCUT2D eigenvalue weighted by Gasteiger charge is -2.25. The van der Waals surface area contributed by atoms with Crippen molar-refractivity contribution in [1.82, 2.24) is 4.72 Å². The number of benzene rings is 1. The second-order valence-electron chi connectivity index (χ2n) is 7.52. The number of hydrogen-bond acceptors (Lipinski definition) is 4. The van der Waals surface area contributed by atoms with Crippen LogP contribution in [0.1, 0.15) is 5.56 Å². The number of nitrogens with one attached hydrogen (secondary N) is 1. The summed E-state index contributed by atoms with van der Waals surface area (Å²) in [7, 11) is -8.31. The van der Waals surface area contributed by atoms with Crippen LogP contribution in [0.3, 0.4) is 0 Å². The normalized spacial score (nSPS) is 18.7. The lowest BCUT2D eigenvalue weighted by Crippen LogP contribution is -2.45. The molecular formula is C15H26N2O4S2Si. The van der Waals surface area contributed by atoms with Gasteiger partial charge in [-0.1, -0.05) is 37.8 Å². The summed E-state index contributed by atoms with van der Waals surface area (Å²) < 4.78 is 52.6. The number of fused-ring (bicyclic) bond motifs is 1. The van der Waals surface area contributed by atoms with E-state index in [0.717, 1.165) is 11.8 Å². The molecule has 1 N–H and O–H groups in total. The van der Waals surface area contributed by atoms with Crippen LogP contribution in [-0.2, 0) is 26.5 Å². The minimum absolute atomic E-state index is 0.0930. The molecule has 24 heavy (non-hydrogen) atoms. The Morgan fingerprint density at radius 2 is 1.79 bits per heavy atom. The molecule has 9 heteroatoms. The first-order valence-electron chi connectivity index (χ1n) is 7.94. The minimum atomic E-state index is -3.46. The Bertz CT molecular complexity index is 801. The third-order valence-corrected chi connectivity index (χ3v) is 8.70. The molecular weight excluding hydrogens is 364 g/mol. The predicted octanol–water partition coefficient (Wildman–Crippen LogP) is 1.63. The lowest BCUT2D eigenvalue weighted by molar-refractivity contribution is 0.562. The van der Waals surface area contributed by atoms with Crippen molar-refractivity contribution < 1.29 is 16.8 Å². The molecule has 136 valence electrons. The van der Waals surface area contributed by atoms with Gasteiger partial charge in [-0.05, 0) is 24.1 Å². The van der Waals surface area contributed by atoms with Crippen LogP contribution >= 0.6 is 0 Å². The second kappa shape index (κ2) is 6.78. The van der Waals surface area contributed by atoms with E-state index in [2.05, 4.69) is 24.4 Å². The van der Waals surface area contributed by atoms with Crippen molar-refractivity contribution in [3.05, 3.63) is 29.8 Å². The Morgan fingerprint density at radius 3 is 2.38 bits per heavy atom. The zero-order valence-electron chi connectivity index (χ0n) is 14.6. The van der Waals surface area contributed by atoms with E-state index in [1.807, 2.05) is 12.1 Å². The van der Waals surface area contributed by atoms with E-state index in [9.17, 15) is 16.8 Å². The maximum absolute atomic E-state index is 12.2. The molecule has 0 aromatic heterocycles. The highest BCUT2D eigenvalue weighted by molar-refractivity contribution is 7.92. The molecule has 0 saturated heterocycles. The molecule has 6 nitrogen and oxygen atoms in total. The van der Waals surface area contributed by atoms with Gasteiger partial charge in [-0.3, -0.25) is 4.31 Å². The van der Waals surface area contributed by atoms with Gasteiger partial charge in [-0.15, -0.1) is 0 Å². The fourth-order valence-corrected chi connectivity index (χ4v) is 8.11. The molecule has 1 aromatic rings. The standard InChI is InChI=1S/C15H26N2O4S2Si/c1-22(18,19)17-14(11-13-7-5-6-8-15(13)17)12-16-23(20,21)9-10-24(2,3)4/h5-8,14,16H,9-12H2,1-4H3. The van der Waals surface area contributed by atoms with Gasteiger partial charge < -0.3 is 0 Å². The molecule has 1 heterocycles. The average molecular weight is 391 g/mol. The van der Waals surface area contributed by atoms with Crippen LogP contribution in [0, 0.1) is 0 Å². The lowest BCUT2D eigenvalue weighted by atomic mass is 10.1. The molecule has 1 atom stereocenters. The van der Waals surface area contributed by atoms with Gasteiger partial charge in [-0.25, -0.2) is 21.6 Å².